The summed E-state index contributed by atoms with van der Waals surface area (Å²) in [6.45, 7) is 4.69. The quantitative estimate of drug-likeness (QED) is 0.687. The van der Waals surface area contributed by atoms with Crippen molar-refractivity contribution in [1.29, 1.82) is 0 Å². The highest BCUT2D eigenvalue weighted by Crippen LogP contribution is 2.63. The van der Waals surface area contributed by atoms with Gasteiger partial charge in [0, 0.05) is 11.8 Å². The SMILES string of the molecule is C[C@@]12CC[C@@H]3[C@H](CC=C4C[C@H](O)CC[C@@]43C)[C@H]1CCC2=O. The van der Waals surface area contributed by atoms with E-state index >= 15 is 0 Å². The van der Waals surface area contributed by atoms with Gasteiger partial charge in [0.25, 0.3) is 0 Å². The normalized spacial score (nSPS) is 52.7. The number of ketones is 1. The first-order chi connectivity index (χ1) is 9.95. The molecular formula is C19H28O2. The molecular weight excluding hydrogens is 260 g/mol. The number of Topliss-reactive ketones (excluding diaryl/α,β-unsaturated/α-hetero) is 1. The van der Waals surface area contributed by atoms with Crippen LogP contribution in [0.2, 0.25) is 0 Å². The lowest BCUT2D eigenvalue weighted by atomic mass is 9.48. The van der Waals surface area contributed by atoms with Gasteiger partial charge in [-0.1, -0.05) is 25.5 Å². The Labute approximate surface area is 128 Å². The summed E-state index contributed by atoms with van der Waals surface area (Å²) in [7, 11) is 0. The molecule has 0 amide bonds. The molecule has 0 aromatic heterocycles. The van der Waals surface area contributed by atoms with Crippen molar-refractivity contribution in [2.24, 2.45) is 28.6 Å². The average molecular weight is 288 g/mol. The lowest BCUT2D eigenvalue weighted by Crippen LogP contribution is -2.50. The predicted molar refractivity (Wildman–Crippen MR) is 82.7 cm³/mol. The largest absolute Gasteiger partial charge is 0.393 e. The molecule has 116 valence electrons. The second-order valence-corrected chi connectivity index (χ2v) is 8.57. The van der Waals surface area contributed by atoms with E-state index in [1.54, 1.807) is 0 Å². The molecule has 0 saturated heterocycles. The molecule has 2 nitrogen and oxygen atoms in total. The molecule has 0 radical (unpaired) electrons. The fourth-order valence-corrected chi connectivity index (χ4v) is 6.41. The van der Waals surface area contributed by atoms with E-state index in [9.17, 15) is 9.90 Å². The molecule has 0 bridgehead atoms. The van der Waals surface area contributed by atoms with Crippen molar-refractivity contribution in [3.63, 3.8) is 0 Å². The number of carbonyl (C=O) groups is 1. The first-order valence-corrected chi connectivity index (χ1v) is 8.86. The fourth-order valence-electron chi connectivity index (χ4n) is 6.41. The van der Waals surface area contributed by atoms with Crippen molar-refractivity contribution >= 4 is 5.78 Å². The van der Waals surface area contributed by atoms with Crippen LogP contribution in [-0.4, -0.2) is 17.0 Å². The number of rotatable bonds is 0. The van der Waals surface area contributed by atoms with Gasteiger partial charge in [-0.15, -0.1) is 0 Å². The molecule has 0 unspecified atom stereocenters. The molecule has 4 aliphatic carbocycles. The maximum Gasteiger partial charge on any atom is 0.139 e. The van der Waals surface area contributed by atoms with Crippen molar-refractivity contribution < 1.29 is 9.90 Å². The van der Waals surface area contributed by atoms with Gasteiger partial charge in [-0.25, -0.2) is 0 Å². The minimum atomic E-state index is -0.122. The zero-order valence-electron chi connectivity index (χ0n) is 13.4. The van der Waals surface area contributed by atoms with Crippen LogP contribution in [0, 0.1) is 28.6 Å². The van der Waals surface area contributed by atoms with Crippen LogP contribution in [-0.2, 0) is 4.79 Å². The molecule has 21 heavy (non-hydrogen) atoms. The number of hydrogen-bond acceptors (Lipinski definition) is 2. The molecule has 3 fully saturated rings. The highest BCUT2D eigenvalue weighted by atomic mass is 16.3. The van der Waals surface area contributed by atoms with Crippen LogP contribution in [0.4, 0.5) is 0 Å². The third-order valence-electron chi connectivity index (χ3n) is 7.79. The standard InChI is InChI=1S/C19H28O2/c1-18-9-7-13(20)11-12(18)3-4-14-15-5-6-17(21)19(15,2)10-8-16(14)18/h3,13-16,20H,4-11H2,1-2H3/t13-,14-,15-,16-,18+,19-/m1/s1. The van der Waals surface area contributed by atoms with Crippen molar-refractivity contribution in [2.45, 2.75) is 71.3 Å². The van der Waals surface area contributed by atoms with Gasteiger partial charge in [0.15, 0.2) is 0 Å². The Kier molecular flexibility index (Phi) is 2.96. The van der Waals surface area contributed by atoms with Gasteiger partial charge < -0.3 is 5.11 Å². The molecule has 4 aliphatic rings. The number of fused-ring (bicyclic) bond motifs is 5. The second-order valence-electron chi connectivity index (χ2n) is 8.57. The van der Waals surface area contributed by atoms with E-state index in [1.165, 1.54) is 12.0 Å². The monoisotopic (exact) mass is 288 g/mol. The van der Waals surface area contributed by atoms with E-state index in [2.05, 4.69) is 19.9 Å². The molecule has 2 heteroatoms. The van der Waals surface area contributed by atoms with Gasteiger partial charge in [0.1, 0.15) is 5.78 Å². The average Bonchev–Trinajstić information content (AvgIpc) is 2.76. The van der Waals surface area contributed by atoms with E-state index in [4.69, 9.17) is 0 Å². The van der Waals surface area contributed by atoms with Gasteiger partial charge in [0.05, 0.1) is 6.10 Å². The van der Waals surface area contributed by atoms with Crippen LogP contribution in [0.5, 0.6) is 0 Å². The van der Waals surface area contributed by atoms with E-state index in [-0.39, 0.29) is 11.5 Å². The molecule has 0 heterocycles. The summed E-state index contributed by atoms with van der Waals surface area (Å²) in [4.78, 5) is 12.4. The topological polar surface area (TPSA) is 37.3 Å². The van der Waals surface area contributed by atoms with E-state index in [1.807, 2.05) is 0 Å². The Balaban J connectivity index is 1.69. The summed E-state index contributed by atoms with van der Waals surface area (Å²) in [5.41, 5.74) is 1.81. The van der Waals surface area contributed by atoms with Gasteiger partial charge in [0.2, 0.25) is 0 Å². The molecule has 0 spiro atoms. The van der Waals surface area contributed by atoms with Crippen molar-refractivity contribution in [3.8, 4) is 0 Å². The zero-order valence-corrected chi connectivity index (χ0v) is 13.4. The van der Waals surface area contributed by atoms with Gasteiger partial charge >= 0.3 is 0 Å². The maximum atomic E-state index is 12.4. The lowest BCUT2D eigenvalue weighted by molar-refractivity contribution is -0.132. The van der Waals surface area contributed by atoms with E-state index in [0.717, 1.165) is 50.9 Å². The van der Waals surface area contributed by atoms with Gasteiger partial charge in [-0.2, -0.15) is 0 Å². The minimum Gasteiger partial charge on any atom is -0.393 e. The molecule has 0 aromatic rings. The summed E-state index contributed by atoms with van der Waals surface area (Å²) >= 11 is 0. The summed E-state index contributed by atoms with van der Waals surface area (Å²) in [5.74, 6) is 2.60. The number of allylic oxidation sites excluding steroid dienone is 1. The Morgan fingerprint density at radius 3 is 2.62 bits per heavy atom. The summed E-state index contributed by atoms with van der Waals surface area (Å²) in [6, 6.07) is 0. The maximum absolute atomic E-state index is 12.4. The zero-order chi connectivity index (χ0) is 14.8. The number of aliphatic hydroxyl groups is 1. The Bertz CT molecular complexity index is 508. The Hall–Kier alpha value is -0.630. The Morgan fingerprint density at radius 1 is 1.10 bits per heavy atom. The highest BCUT2D eigenvalue weighted by molar-refractivity contribution is 5.87. The highest BCUT2D eigenvalue weighted by Gasteiger charge is 2.58. The van der Waals surface area contributed by atoms with Gasteiger partial charge in [-0.05, 0) is 68.1 Å². The summed E-state index contributed by atoms with van der Waals surface area (Å²) in [6.07, 6.45) is 10.7. The fraction of sp³-hybridized carbons (Fsp3) is 0.842. The van der Waals surface area contributed by atoms with Crippen LogP contribution in [0.1, 0.15) is 65.2 Å². The molecule has 6 atom stereocenters. The molecule has 1 N–H and O–H groups in total. The minimum absolute atomic E-state index is 0.0168. The van der Waals surface area contributed by atoms with Crippen molar-refractivity contribution in [2.75, 3.05) is 0 Å². The Morgan fingerprint density at radius 2 is 1.81 bits per heavy atom. The van der Waals surface area contributed by atoms with Crippen LogP contribution < -0.4 is 0 Å². The lowest BCUT2D eigenvalue weighted by Gasteiger charge is -2.56. The first-order valence-electron chi connectivity index (χ1n) is 8.86. The smallest absolute Gasteiger partial charge is 0.139 e. The van der Waals surface area contributed by atoms with Gasteiger partial charge in [-0.3, -0.25) is 4.79 Å². The summed E-state index contributed by atoms with van der Waals surface area (Å²) < 4.78 is 0. The van der Waals surface area contributed by atoms with Crippen molar-refractivity contribution in [3.05, 3.63) is 11.6 Å². The third kappa shape index (κ3) is 1.78. The van der Waals surface area contributed by atoms with Crippen LogP contribution in [0.25, 0.3) is 0 Å². The van der Waals surface area contributed by atoms with E-state index in [0.29, 0.717) is 23.0 Å². The van der Waals surface area contributed by atoms with Crippen LogP contribution >= 0.6 is 0 Å². The predicted octanol–water partition coefficient (Wildman–Crippen LogP) is 3.88. The molecule has 3 saturated carbocycles. The first kappa shape index (κ1) is 14.0. The molecule has 4 rings (SSSR count). The van der Waals surface area contributed by atoms with Crippen LogP contribution in [0.3, 0.4) is 0 Å². The molecule has 0 aliphatic heterocycles. The molecule has 0 aromatic carbocycles. The number of carbonyl (C=O) groups excluding carboxylic acids is 1. The second kappa shape index (κ2) is 4.44. The number of hydrogen-bond donors (Lipinski definition) is 1. The van der Waals surface area contributed by atoms with Crippen molar-refractivity contribution in [1.82, 2.24) is 0 Å². The third-order valence-corrected chi connectivity index (χ3v) is 7.79. The van der Waals surface area contributed by atoms with E-state index < -0.39 is 0 Å². The summed E-state index contributed by atoms with van der Waals surface area (Å²) in [5, 5.41) is 10.00. The van der Waals surface area contributed by atoms with Crippen LogP contribution in [0.15, 0.2) is 11.6 Å². The number of aliphatic hydroxyl groups excluding tert-OH is 1.